The van der Waals surface area contributed by atoms with Crippen LogP contribution >= 0.6 is 0 Å². The maximum Gasteiger partial charge on any atom is 0.338 e. The van der Waals surface area contributed by atoms with Crippen molar-refractivity contribution in [3.63, 3.8) is 0 Å². The lowest BCUT2D eigenvalue weighted by atomic mass is 9.80. The maximum atomic E-state index is 13.8. The molecule has 0 heterocycles. The number of carbonyl (C=O) groups is 2. The van der Waals surface area contributed by atoms with E-state index in [-0.39, 0.29) is 36.2 Å². The number of ether oxygens (including phenoxy) is 12. The van der Waals surface area contributed by atoms with E-state index in [4.69, 9.17) is 56.8 Å². The average Bonchev–Trinajstić information content (AvgIpc) is 3.26. The maximum absolute atomic E-state index is 13.8. The summed E-state index contributed by atoms with van der Waals surface area (Å²) in [4.78, 5) is 27.0. The number of esters is 2. The molecular formula is C44H54O14. The highest BCUT2D eigenvalue weighted by molar-refractivity contribution is 5.92. The second kappa shape index (κ2) is 21.9. The Morgan fingerprint density at radius 2 is 0.793 bits per heavy atom. The Hall–Kier alpha value is -6.18. The molecule has 0 saturated heterocycles. The zero-order valence-corrected chi connectivity index (χ0v) is 34.9. The third kappa shape index (κ3) is 11.5. The van der Waals surface area contributed by atoms with Crippen LogP contribution in [-0.2, 0) is 22.3 Å². The molecule has 0 aromatic heterocycles. The largest absolute Gasteiger partial charge is 0.497 e. The molecule has 0 spiro atoms. The van der Waals surface area contributed by atoms with Gasteiger partial charge in [0.25, 0.3) is 0 Å². The molecule has 0 aliphatic carbocycles. The van der Waals surface area contributed by atoms with Crippen molar-refractivity contribution < 1.29 is 66.4 Å². The molecule has 0 unspecified atom stereocenters. The van der Waals surface area contributed by atoms with Crippen LogP contribution < -0.4 is 47.4 Å². The number of hydrogen-bond donors (Lipinski definition) is 0. The Morgan fingerprint density at radius 1 is 0.431 bits per heavy atom. The summed E-state index contributed by atoms with van der Waals surface area (Å²) >= 11 is 0. The summed E-state index contributed by atoms with van der Waals surface area (Å²) in [6.45, 7) is 0.143. The molecule has 4 rings (SSSR count). The van der Waals surface area contributed by atoms with Crippen LogP contribution in [0, 0.1) is 11.8 Å². The number of hydrogen-bond acceptors (Lipinski definition) is 14. The van der Waals surface area contributed by atoms with Crippen LogP contribution in [0.2, 0.25) is 0 Å². The fourth-order valence-corrected chi connectivity index (χ4v) is 6.70. The molecule has 0 aliphatic heterocycles. The molecule has 0 radical (unpaired) electrons. The summed E-state index contributed by atoms with van der Waals surface area (Å²) in [5.41, 5.74) is 2.33. The Morgan fingerprint density at radius 3 is 1.14 bits per heavy atom. The molecule has 14 heteroatoms. The first-order chi connectivity index (χ1) is 28.1. The minimum absolute atomic E-state index is 0.0337. The quantitative estimate of drug-likeness (QED) is 0.0547. The summed E-state index contributed by atoms with van der Waals surface area (Å²) in [6, 6.07) is 17.6. The topological polar surface area (TPSA) is 145 Å². The first-order valence-corrected chi connectivity index (χ1v) is 18.5. The van der Waals surface area contributed by atoms with E-state index in [0.29, 0.717) is 83.2 Å². The van der Waals surface area contributed by atoms with E-state index in [1.807, 2.05) is 24.3 Å². The summed E-state index contributed by atoms with van der Waals surface area (Å²) in [5.74, 6) is 3.03. The molecule has 314 valence electrons. The van der Waals surface area contributed by atoms with Crippen molar-refractivity contribution in [2.24, 2.45) is 11.8 Å². The van der Waals surface area contributed by atoms with Gasteiger partial charge in [0, 0.05) is 18.1 Å². The molecule has 0 bridgehead atoms. The zero-order chi connectivity index (χ0) is 42.2. The zero-order valence-electron chi connectivity index (χ0n) is 34.9. The van der Waals surface area contributed by atoms with Gasteiger partial charge in [-0.25, -0.2) is 9.59 Å². The Labute approximate surface area is 340 Å². The van der Waals surface area contributed by atoms with Crippen molar-refractivity contribution in [3.8, 4) is 57.5 Å². The van der Waals surface area contributed by atoms with Crippen LogP contribution in [0.25, 0.3) is 0 Å². The number of rotatable bonds is 23. The lowest BCUT2D eigenvalue weighted by Crippen LogP contribution is -2.27. The highest BCUT2D eigenvalue weighted by atomic mass is 16.6. The van der Waals surface area contributed by atoms with Gasteiger partial charge in [-0.15, -0.1) is 0 Å². The van der Waals surface area contributed by atoms with Crippen LogP contribution in [0.4, 0.5) is 0 Å². The molecule has 0 N–H and O–H groups in total. The fraction of sp³-hybridized carbons (Fsp3) is 0.409. The predicted octanol–water partition coefficient (Wildman–Crippen LogP) is 7.28. The van der Waals surface area contributed by atoms with E-state index in [0.717, 1.165) is 11.1 Å². The number of methoxy groups -OCH3 is 10. The Bertz CT molecular complexity index is 1880. The van der Waals surface area contributed by atoms with Crippen molar-refractivity contribution >= 4 is 11.9 Å². The van der Waals surface area contributed by atoms with Crippen molar-refractivity contribution in [1.29, 1.82) is 0 Å². The summed E-state index contributed by atoms with van der Waals surface area (Å²) < 4.78 is 66.9. The van der Waals surface area contributed by atoms with Crippen LogP contribution in [0.3, 0.4) is 0 Å². The van der Waals surface area contributed by atoms with Gasteiger partial charge in [0.2, 0.25) is 11.5 Å². The standard InChI is InChI=1S/C44H54O14/c1-47-33-16-27(17-34(24-33)48-2)14-29(12-11-13-57-43(45)30-20-37(51-5)41(55-9)38(21-30)52-6)32(15-28-18-35(49-3)25-36(19-28)50-4)26-58-44(46)31-22-39(53-7)42(56-10)40(23-31)54-8/h16-25,29,32H,11-15,26H2,1-10H3/t29-,32+/m0/s1. The van der Waals surface area contributed by atoms with E-state index in [9.17, 15) is 9.59 Å². The molecule has 2 atom stereocenters. The summed E-state index contributed by atoms with van der Waals surface area (Å²) in [6.07, 6.45) is 2.09. The minimum atomic E-state index is -0.575. The van der Waals surface area contributed by atoms with Crippen LogP contribution in [0.5, 0.6) is 57.5 Å². The van der Waals surface area contributed by atoms with Crippen LogP contribution in [0.1, 0.15) is 44.7 Å². The third-order valence-electron chi connectivity index (χ3n) is 9.67. The number of carbonyl (C=O) groups excluding carboxylic acids is 2. The van der Waals surface area contributed by atoms with Gasteiger partial charge in [0.15, 0.2) is 23.0 Å². The van der Waals surface area contributed by atoms with Crippen molar-refractivity contribution in [2.45, 2.75) is 25.7 Å². The minimum Gasteiger partial charge on any atom is -0.497 e. The van der Waals surface area contributed by atoms with E-state index in [1.165, 1.54) is 42.7 Å². The number of benzene rings is 4. The van der Waals surface area contributed by atoms with Gasteiger partial charge in [0.05, 0.1) is 95.4 Å². The van der Waals surface area contributed by atoms with Gasteiger partial charge in [-0.1, -0.05) is 0 Å². The molecule has 58 heavy (non-hydrogen) atoms. The molecule has 14 nitrogen and oxygen atoms in total. The van der Waals surface area contributed by atoms with Crippen molar-refractivity contribution in [1.82, 2.24) is 0 Å². The molecular weight excluding hydrogens is 752 g/mol. The second-order valence-corrected chi connectivity index (χ2v) is 13.1. The summed E-state index contributed by atoms with van der Waals surface area (Å²) in [7, 11) is 15.3. The normalized spacial score (nSPS) is 11.7. The predicted molar refractivity (Wildman–Crippen MR) is 215 cm³/mol. The van der Waals surface area contributed by atoms with Crippen molar-refractivity contribution in [3.05, 3.63) is 82.9 Å². The molecule has 0 aliphatic rings. The first-order valence-electron chi connectivity index (χ1n) is 18.5. The Balaban J connectivity index is 1.68. The van der Waals surface area contributed by atoms with E-state index in [1.54, 1.807) is 64.8 Å². The fourth-order valence-electron chi connectivity index (χ4n) is 6.70. The van der Waals surface area contributed by atoms with Gasteiger partial charge in [-0.3, -0.25) is 0 Å². The van der Waals surface area contributed by atoms with Gasteiger partial charge in [0.1, 0.15) is 23.0 Å². The van der Waals surface area contributed by atoms with E-state index < -0.39 is 11.9 Å². The Kier molecular flexibility index (Phi) is 16.8. The van der Waals surface area contributed by atoms with E-state index in [2.05, 4.69) is 0 Å². The van der Waals surface area contributed by atoms with Gasteiger partial charge in [-0.05, 0) is 91.3 Å². The van der Waals surface area contributed by atoms with Crippen LogP contribution in [0.15, 0.2) is 60.7 Å². The highest BCUT2D eigenvalue weighted by Crippen LogP contribution is 2.40. The summed E-state index contributed by atoms with van der Waals surface area (Å²) in [5, 5.41) is 0. The molecule has 4 aromatic carbocycles. The highest BCUT2D eigenvalue weighted by Gasteiger charge is 2.27. The molecule has 4 aromatic rings. The average molecular weight is 807 g/mol. The smallest absolute Gasteiger partial charge is 0.338 e. The third-order valence-corrected chi connectivity index (χ3v) is 9.67. The van der Waals surface area contributed by atoms with Crippen molar-refractivity contribution in [2.75, 3.05) is 84.3 Å². The lowest BCUT2D eigenvalue weighted by Gasteiger charge is -2.28. The van der Waals surface area contributed by atoms with Gasteiger partial charge in [-0.2, -0.15) is 0 Å². The first kappa shape index (κ1) is 44.5. The van der Waals surface area contributed by atoms with Gasteiger partial charge >= 0.3 is 11.9 Å². The SMILES string of the molecule is COc1cc(C[C@H](CCCOC(=O)c2cc(OC)c(OC)c(OC)c2)[C@@H](COC(=O)c2cc(OC)c(OC)c(OC)c2)Cc2cc(OC)cc(OC)c2)cc(OC)c1. The lowest BCUT2D eigenvalue weighted by molar-refractivity contribution is 0.0361. The van der Waals surface area contributed by atoms with Gasteiger partial charge < -0.3 is 56.8 Å². The van der Waals surface area contributed by atoms with E-state index >= 15 is 0 Å². The molecule has 0 saturated carbocycles. The molecule has 0 amide bonds. The monoisotopic (exact) mass is 806 g/mol. The molecule has 0 fully saturated rings. The van der Waals surface area contributed by atoms with Crippen LogP contribution in [-0.4, -0.2) is 96.3 Å². The second-order valence-electron chi connectivity index (χ2n) is 13.1.